The van der Waals surface area contributed by atoms with Gasteiger partial charge in [0.1, 0.15) is 4.83 Å². The summed E-state index contributed by atoms with van der Waals surface area (Å²) in [4.78, 5) is 13.9. The van der Waals surface area contributed by atoms with Crippen molar-refractivity contribution in [3.8, 4) is 5.69 Å². The van der Waals surface area contributed by atoms with E-state index in [9.17, 15) is 4.79 Å². The van der Waals surface area contributed by atoms with Gasteiger partial charge in [-0.15, -0.1) is 11.3 Å². The zero-order valence-corrected chi connectivity index (χ0v) is 15.1. The second kappa shape index (κ2) is 6.93. The van der Waals surface area contributed by atoms with E-state index in [0.29, 0.717) is 16.4 Å². The van der Waals surface area contributed by atoms with Gasteiger partial charge in [0, 0.05) is 18.0 Å². The van der Waals surface area contributed by atoms with E-state index in [1.54, 1.807) is 4.68 Å². The van der Waals surface area contributed by atoms with E-state index >= 15 is 0 Å². The number of carbonyl (C=O) groups excluding carboxylic acids is 1. The van der Waals surface area contributed by atoms with Crippen LogP contribution in [-0.4, -0.2) is 28.3 Å². The lowest BCUT2D eigenvalue weighted by molar-refractivity contribution is 0.0957. The molecule has 1 amide bonds. The number of aryl methyl sites for hydroxylation is 1. The minimum absolute atomic E-state index is 0.0729. The van der Waals surface area contributed by atoms with Crippen LogP contribution < -0.4 is 11.1 Å². The Hall–Kier alpha value is -1.89. The summed E-state index contributed by atoms with van der Waals surface area (Å²) in [6, 6.07) is 9.50. The van der Waals surface area contributed by atoms with Crippen molar-refractivity contribution < 1.29 is 4.79 Å². The highest BCUT2D eigenvalue weighted by molar-refractivity contribution is 7.20. The van der Waals surface area contributed by atoms with E-state index in [0.717, 1.165) is 28.0 Å². The van der Waals surface area contributed by atoms with Crippen molar-refractivity contribution >= 4 is 39.1 Å². The van der Waals surface area contributed by atoms with Crippen LogP contribution in [0.25, 0.3) is 15.9 Å². The Kier molecular flexibility index (Phi) is 4.89. The lowest BCUT2D eigenvalue weighted by Gasteiger charge is -2.06. The number of rotatable bonds is 5. The van der Waals surface area contributed by atoms with Gasteiger partial charge in [-0.3, -0.25) is 4.79 Å². The third-order valence-corrected chi connectivity index (χ3v) is 5.16. The average molecular weight is 363 g/mol. The van der Waals surface area contributed by atoms with E-state index < -0.39 is 0 Å². The van der Waals surface area contributed by atoms with Gasteiger partial charge in [-0.1, -0.05) is 23.7 Å². The van der Waals surface area contributed by atoms with Gasteiger partial charge in [0.25, 0.3) is 5.91 Å². The molecule has 0 radical (unpaired) electrons. The molecule has 1 unspecified atom stereocenters. The van der Waals surface area contributed by atoms with Crippen LogP contribution in [0.15, 0.2) is 30.3 Å². The Morgan fingerprint density at radius 3 is 2.92 bits per heavy atom. The molecular weight excluding hydrogens is 344 g/mol. The van der Waals surface area contributed by atoms with Crippen LogP contribution in [0.5, 0.6) is 0 Å². The van der Waals surface area contributed by atoms with Gasteiger partial charge < -0.3 is 11.1 Å². The third kappa shape index (κ3) is 3.31. The number of halogens is 1. The maximum absolute atomic E-state index is 12.3. The Morgan fingerprint density at radius 1 is 1.46 bits per heavy atom. The number of benzene rings is 1. The first-order valence-corrected chi connectivity index (χ1v) is 8.94. The molecule has 2 aromatic heterocycles. The van der Waals surface area contributed by atoms with E-state index in [1.807, 2.05) is 44.2 Å². The number of carbonyl (C=O) groups is 1. The molecule has 24 heavy (non-hydrogen) atoms. The number of nitrogens with one attached hydrogen (secondary N) is 1. The fourth-order valence-corrected chi connectivity index (χ4v) is 3.75. The third-order valence-electron chi connectivity index (χ3n) is 3.73. The standard InChI is InChI=1S/C17H19ClN4OS/c1-10(19)7-8-20-16(23)15-9-12-11(2)21-22(17(12)24-15)14-6-4-3-5-13(14)18/h3-6,9-10H,7-8,19H2,1-2H3,(H,20,23). The number of thiophene rings is 1. The Labute approximate surface area is 149 Å². The van der Waals surface area contributed by atoms with Crippen molar-refractivity contribution in [2.45, 2.75) is 26.3 Å². The predicted molar refractivity (Wildman–Crippen MR) is 99.3 cm³/mol. The second-order valence-electron chi connectivity index (χ2n) is 5.80. The van der Waals surface area contributed by atoms with Crippen LogP contribution in [-0.2, 0) is 0 Å². The molecule has 5 nitrogen and oxygen atoms in total. The van der Waals surface area contributed by atoms with E-state index in [4.69, 9.17) is 17.3 Å². The first kappa shape index (κ1) is 17.0. The van der Waals surface area contributed by atoms with Crippen LogP contribution in [0.1, 0.15) is 28.7 Å². The molecule has 7 heteroatoms. The SMILES string of the molecule is Cc1nn(-c2ccccc2Cl)c2sc(C(=O)NCCC(C)N)cc12. The zero-order valence-electron chi connectivity index (χ0n) is 13.5. The van der Waals surface area contributed by atoms with Gasteiger partial charge in [0.05, 0.1) is 21.3 Å². The van der Waals surface area contributed by atoms with Gasteiger partial charge in [0.15, 0.2) is 0 Å². The summed E-state index contributed by atoms with van der Waals surface area (Å²) in [7, 11) is 0. The van der Waals surface area contributed by atoms with Gasteiger partial charge in [-0.25, -0.2) is 4.68 Å². The molecule has 0 saturated carbocycles. The number of aromatic nitrogens is 2. The highest BCUT2D eigenvalue weighted by Gasteiger charge is 2.18. The highest BCUT2D eigenvalue weighted by Crippen LogP contribution is 2.32. The number of nitrogens with two attached hydrogens (primary N) is 1. The van der Waals surface area contributed by atoms with Gasteiger partial charge in [-0.2, -0.15) is 5.10 Å². The summed E-state index contributed by atoms with van der Waals surface area (Å²) in [6.07, 6.45) is 0.753. The van der Waals surface area contributed by atoms with Crippen molar-refractivity contribution in [2.24, 2.45) is 5.73 Å². The monoisotopic (exact) mass is 362 g/mol. The summed E-state index contributed by atoms with van der Waals surface area (Å²) in [5.41, 5.74) is 7.39. The maximum atomic E-state index is 12.3. The molecule has 3 rings (SSSR count). The Balaban J connectivity index is 1.93. The van der Waals surface area contributed by atoms with E-state index in [1.165, 1.54) is 11.3 Å². The van der Waals surface area contributed by atoms with Crippen LogP contribution in [0.2, 0.25) is 5.02 Å². The number of para-hydroxylation sites is 1. The molecule has 0 aliphatic heterocycles. The van der Waals surface area contributed by atoms with Crippen LogP contribution in [0.4, 0.5) is 0 Å². The summed E-state index contributed by atoms with van der Waals surface area (Å²) in [5, 5.41) is 9.06. The molecule has 1 aromatic carbocycles. The van der Waals surface area contributed by atoms with E-state index in [-0.39, 0.29) is 11.9 Å². The van der Waals surface area contributed by atoms with Gasteiger partial charge in [-0.05, 0) is 38.5 Å². The topological polar surface area (TPSA) is 72.9 Å². The second-order valence-corrected chi connectivity index (χ2v) is 7.24. The minimum Gasteiger partial charge on any atom is -0.351 e. The van der Waals surface area contributed by atoms with Crippen molar-refractivity contribution in [1.82, 2.24) is 15.1 Å². The zero-order chi connectivity index (χ0) is 17.3. The minimum atomic E-state index is -0.0815. The lowest BCUT2D eigenvalue weighted by atomic mass is 10.2. The molecule has 0 spiro atoms. The van der Waals surface area contributed by atoms with Crippen LogP contribution in [0.3, 0.4) is 0 Å². The normalized spacial score (nSPS) is 12.5. The van der Waals surface area contributed by atoms with E-state index in [2.05, 4.69) is 10.4 Å². The summed E-state index contributed by atoms with van der Waals surface area (Å²) in [5.74, 6) is -0.0815. The lowest BCUT2D eigenvalue weighted by Crippen LogP contribution is -2.28. The molecule has 126 valence electrons. The number of nitrogens with zero attached hydrogens (tertiary/aromatic N) is 2. The predicted octanol–water partition coefficient (Wildman–Crippen LogP) is 3.52. The molecule has 0 bridgehead atoms. The first-order valence-electron chi connectivity index (χ1n) is 7.75. The molecule has 0 saturated heterocycles. The van der Waals surface area contributed by atoms with Crippen molar-refractivity contribution in [3.05, 3.63) is 45.9 Å². The van der Waals surface area contributed by atoms with Gasteiger partial charge >= 0.3 is 0 Å². The first-order chi connectivity index (χ1) is 11.5. The molecule has 0 fully saturated rings. The quantitative estimate of drug-likeness (QED) is 0.729. The molecule has 0 aliphatic rings. The van der Waals surface area contributed by atoms with Gasteiger partial charge in [0.2, 0.25) is 0 Å². The van der Waals surface area contributed by atoms with Crippen LogP contribution >= 0.6 is 22.9 Å². The fourth-order valence-electron chi connectivity index (χ4n) is 2.45. The molecular formula is C17H19ClN4OS. The smallest absolute Gasteiger partial charge is 0.261 e. The number of hydrogen-bond donors (Lipinski definition) is 2. The summed E-state index contributed by atoms with van der Waals surface area (Å²) >= 11 is 7.70. The highest BCUT2D eigenvalue weighted by atomic mass is 35.5. The van der Waals surface area contributed by atoms with Crippen molar-refractivity contribution in [1.29, 1.82) is 0 Å². The summed E-state index contributed by atoms with van der Waals surface area (Å²) in [6.45, 7) is 4.42. The largest absolute Gasteiger partial charge is 0.351 e. The molecule has 0 aliphatic carbocycles. The number of hydrogen-bond acceptors (Lipinski definition) is 4. The average Bonchev–Trinajstić information content (AvgIpc) is 3.09. The number of fused-ring (bicyclic) bond motifs is 1. The maximum Gasteiger partial charge on any atom is 0.261 e. The molecule has 3 N–H and O–H groups in total. The number of amides is 1. The molecule has 2 heterocycles. The van der Waals surface area contributed by atoms with Crippen molar-refractivity contribution in [2.75, 3.05) is 6.54 Å². The van der Waals surface area contributed by atoms with Crippen molar-refractivity contribution in [3.63, 3.8) is 0 Å². The molecule has 1 atom stereocenters. The van der Waals surface area contributed by atoms with Crippen LogP contribution in [0, 0.1) is 6.92 Å². The molecule has 3 aromatic rings. The Bertz CT molecular complexity index is 884. The Morgan fingerprint density at radius 2 is 2.21 bits per heavy atom. The summed E-state index contributed by atoms with van der Waals surface area (Å²) < 4.78 is 1.80. The fraction of sp³-hybridized carbons (Fsp3) is 0.294.